The summed E-state index contributed by atoms with van der Waals surface area (Å²) in [4.78, 5) is 8.76. The summed E-state index contributed by atoms with van der Waals surface area (Å²) >= 11 is 0. The summed E-state index contributed by atoms with van der Waals surface area (Å²) < 4.78 is 0. The molecule has 0 atom stereocenters. The topological polar surface area (TPSA) is 73.6 Å². The Balaban J connectivity index is 2.37. The van der Waals surface area contributed by atoms with Crippen molar-refractivity contribution < 1.29 is 0 Å². The predicted molar refractivity (Wildman–Crippen MR) is 84.0 cm³/mol. The summed E-state index contributed by atoms with van der Waals surface area (Å²) in [5.41, 5.74) is 2.79. The molecule has 0 bridgehead atoms. The van der Waals surface area contributed by atoms with Crippen LogP contribution >= 0.6 is 0 Å². The van der Waals surface area contributed by atoms with Gasteiger partial charge in [-0.3, -0.25) is 0 Å². The lowest BCUT2D eigenvalue weighted by molar-refractivity contribution is 0.684. The van der Waals surface area contributed by atoms with Crippen LogP contribution in [0.5, 0.6) is 0 Å². The van der Waals surface area contributed by atoms with Crippen molar-refractivity contribution in [3.63, 3.8) is 0 Å². The summed E-state index contributed by atoms with van der Waals surface area (Å²) in [6.45, 7) is 6.94. The van der Waals surface area contributed by atoms with E-state index in [1.807, 2.05) is 25.2 Å². The highest BCUT2D eigenvalue weighted by Gasteiger charge is 2.13. The van der Waals surface area contributed by atoms with Crippen molar-refractivity contribution in [2.45, 2.75) is 20.8 Å². The summed E-state index contributed by atoms with van der Waals surface area (Å²) in [5.74, 6) is 1.05. The lowest BCUT2D eigenvalue weighted by Crippen LogP contribution is -2.13. The molecule has 1 aliphatic rings. The van der Waals surface area contributed by atoms with Crippen LogP contribution in [0, 0.1) is 24.2 Å². The Bertz CT molecular complexity index is 647. The molecular weight excluding hydrogens is 262 g/mol. The van der Waals surface area contributed by atoms with E-state index in [1.54, 1.807) is 12.4 Å². The molecule has 2 N–H and O–H groups in total. The Labute approximate surface area is 125 Å². The Hall–Kier alpha value is -2.61. The maximum absolute atomic E-state index is 9.48. The molecule has 1 aromatic rings. The molecule has 0 radical (unpaired) electrons. The van der Waals surface area contributed by atoms with Crippen molar-refractivity contribution >= 4 is 11.5 Å². The predicted octanol–water partition coefficient (Wildman–Crippen LogP) is 2.76. The largest absolute Gasteiger partial charge is 0.361 e. The average Bonchev–Trinajstić information content (AvgIpc) is 2.49. The number of nitrogens with one attached hydrogen (secondary N) is 2. The lowest BCUT2D eigenvalue weighted by Gasteiger charge is -2.12. The van der Waals surface area contributed by atoms with Gasteiger partial charge in [0.25, 0.3) is 0 Å². The molecule has 108 valence electrons. The number of aromatic nitrogens is 2. The van der Waals surface area contributed by atoms with Gasteiger partial charge in [-0.15, -0.1) is 0 Å². The van der Waals surface area contributed by atoms with Gasteiger partial charge in [-0.25, -0.2) is 9.97 Å². The van der Waals surface area contributed by atoms with Crippen molar-refractivity contribution in [3.8, 4) is 6.07 Å². The fraction of sp³-hybridized carbons (Fsp3) is 0.312. The summed E-state index contributed by atoms with van der Waals surface area (Å²) in [7, 11) is 0. The Morgan fingerprint density at radius 3 is 2.86 bits per heavy atom. The van der Waals surface area contributed by atoms with Gasteiger partial charge in [0, 0.05) is 18.9 Å². The van der Waals surface area contributed by atoms with E-state index in [4.69, 9.17) is 0 Å². The van der Waals surface area contributed by atoms with Crippen LogP contribution in [0.4, 0.5) is 5.95 Å². The Morgan fingerprint density at radius 2 is 2.24 bits per heavy atom. The minimum Gasteiger partial charge on any atom is -0.361 e. The zero-order chi connectivity index (χ0) is 15.2. The standard InChI is InChI=1S/C16H19N5/c1-11(2)9-19-16-20-10-12(3)15(21-16)13(8-17)14-6-4-5-7-18-14/h4-7,10-11,18H,9H2,1-3H3,(H,19,20,21). The van der Waals surface area contributed by atoms with Crippen molar-refractivity contribution in [2.24, 2.45) is 5.92 Å². The van der Waals surface area contributed by atoms with Gasteiger partial charge < -0.3 is 10.6 Å². The van der Waals surface area contributed by atoms with E-state index in [0.717, 1.165) is 17.8 Å². The highest BCUT2D eigenvalue weighted by atomic mass is 15.1. The van der Waals surface area contributed by atoms with Gasteiger partial charge in [0.2, 0.25) is 5.95 Å². The molecule has 2 rings (SSSR count). The number of dihydropyridines is 1. The van der Waals surface area contributed by atoms with Gasteiger partial charge in [-0.1, -0.05) is 19.9 Å². The number of nitrogens with zero attached hydrogens (tertiary/aromatic N) is 3. The van der Waals surface area contributed by atoms with Crippen molar-refractivity contribution in [1.82, 2.24) is 15.3 Å². The van der Waals surface area contributed by atoms with Crippen molar-refractivity contribution in [3.05, 3.63) is 47.6 Å². The first-order valence-corrected chi connectivity index (χ1v) is 6.94. The minimum atomic E-state index is 0.500. The molecule has 0 amide bonds. The number of rotatable bonds is 4. The third-order valence-corrected chi connectivity index (χ3v) is 2.97. The third-order valence-electron chi connectivity index (χ3n) is 2.97. The molecule has 21 heavy (non-hydrogen) atoms. The molecule has 0 saturated heterocycles. The van der Waals surface area contributed by atoms with Crippen LogP contribution in [0.2, 0.25) is 0 Å². The summed E-state index contributed by atoms with van der Waals surface area (Å²) in [6, 6.07) is 2.23. The maximum atomic E-state index is 9.48. The van der Waals surface area contributed by atoms with Gasteiger partial charge in [-0.2, -0.15) is 5.26 Å². The first-order chi connectivity index (χ1) is 10.1. The molecule has 1 aliphatic heterocycles. The fourth-order valence-electron chi connectivity index (χ4n) is 1.87. The number of hydrogen-bond acceptors (Lipinski definition) is 5. The molecule has 0 aromatic carbocycles. The Morgan fingerprint density at radius 1 is 1.43 bits per heavy atom. The van der Waals surface area contributed by atoms with Gasteiger partial charge >= 0.3 is 0 Å². The van der Waals surface area contributed by atoms with Crippen LogP contribution in [0.3, 0.4) is 0 Å². The molecule has 0 unspecified atom stereocenters. The number of hydrogen-bond donors (Lipinski definition) is 2. The second-order valence-electron chi connectivity index (χ2n) is 5.26. The second-order valence-corrected chi connectivity index (χ2v) is 5.26. The van der Waals surface area contributed by atoms with Crippen LogP contribution in [-0.4, -0.2) is 16.5 Å². The molecule has 0 saturated carbocycles. The monoisotopic (exact) mass is 281 g/mol. The van der Waals surface area contributed by atoms with Crippen LogP contribution in [0.25, 0.3) is 5.57 Å². The molecule has 0 fully saturated rings. The molecule has 0 spiro atoms. The van der Waals surface area contributed by atoms with E-state index in [-0.39, 0.29) is 0 Å². The number of allylic oxidation sites excluding steroid dienone is 4. The van der Waals surface area contributed by atoms with Gasteiger partial charge in [0.1, 0.15) is 11.6 Å². The van der Waals surface area contributed by atoms with Crippen molar-refractivity contribution in [2.75, 3.05) is 11.9 Å². The van der Waals surface area contributed by atoms with E-state index < -0.39 is 0 Å². The molecular formula is C16H19N5. The SMILES string of the molecule is Cc1cnc(NCC(C)C)nc1C(C#N)=C1C=CC=CN1. The number of nitriles is 1. The second kappa shape index (κ2) is 6.71. The summed E-state index contributed by atoms with van der Waals surface area (Å²) in [6.07, 6.45) is 9.16. The highest BCUT2D eigenvalue weighted by molar-refractivity contribution is 5.80. The third kappa shape index (κ3) is 3.69. The van der Waals surface area contributed by atoms with E-state index >= 15 is 0 Å². The fourth-order valence-corrected chi connectivity index (χ4v) is 1.87. The van der Waals surface area contributed by atoms with E-state index in [9.17, 15) is 5.26 Å². The smallest absolute Gasteiger partial charge is 0.223 e. The molecule has 2 heterocycles. The first-order valence-electron chi connectivity index (χ1n) is 6.94. The normalized spacial score (nSPS) is 15.6. The zero-order valence-corrected chi connectivity index (χ0v) is 12.5. The van der Waals surface area contributed by atoms with Gasteiger partial charge in [0.15, 0.2) is 0 Å². The van der Waals surface area contributed by atoms with Crippen LogP contribution in [0.1, 0.15) is 25.1 Å². The van der Waals surface area contributed by atoms with E-state index in [0.29, 0.717) is 23.1 Å². The quantitative estimate of drug-likeness (QED) is 0.830. The molecule has 5 nitrogen and oxygen atoms in total. The van der Waals surface area contributed by atoms with E-state index in [1.165, 1.54) is 0 Å². The van der Waals surface area contributed by atoms with Crippen molar-refractivity contribution in [1.29, 1.82) is 5.26 Å². The van der Waals surface area contributed by atoms with Gasteiger partial charge in [-0.05, 0) is 30.6 Å². The average molecular weight is 281 g/mol. The minimum absolute atomic E-state index is 0.500. The maximum Gasteiger partial charge on any atom is 0.223 e. The molecule has 0 aliphatic carbocycles. The van der Waals surface area contributed by atoms with Crippen LogP contribution in [0.15, 0.2) is 36.3 Å². The molecule has 1 aromatic heterocycles. The van der Waals surface area contributed by atoms with Gasteiger partial charge in [0.05, 0.1) is 11.4 Å². The molecule has 5 heteroatoms. The highest BCUT2D eigenvalue weighted by Crippen LogP contribution is 2.21. The number of aryl methyl sites for hydroxylation is 1. The first kappa shape index (κ1) is 14.8. The van der Waals surface area contributed by atoms with E-state index in [2.05, 4.69) is 40.5 Å². The van der Waals surface area contributed by atoms with Crippen LogP contribution < -0.4 is 10.6 Å². The number of anilines is 1. The van der Waals surface area contributed by atoms with Crippen LogP contribution in [-0.2, 0) is 0 Å². The summed E-state index contributed by atoms with van der Waals surface area (Å²) in [5, 5.41) is 15.7. The Kier molecular flexibility index (Phi) is 4.72. The lowest BCUT2D eigenvalue weighted by atomic mass is 10.1. The zero-order valence-electron chi connectivity index (χ0n) is 12.5.